The number of ether oxygens (including phenoxy) is 1. The van der Waals surface area contributed by atoms with E-state index in [1.807, 2.05) is 0 Å². The second-order valence-electron chi connectivity index (χ2n) is 4.14. The van der Waals surface area contributed by atoms with Crippen molar-refractivity contribution in [3.63, 3.8) is 0 Å². The third-order valence-electron chi connectivity index (χ3n) is 2.86. The van der Waals surface area contributed by atoms with E-state index in [1.54, 1.807) is 12.1 Å². The van der Waals surface area contributed by atoms with E-state index in [1.165, 1.54) is 6.20 Å². The molecule has 1 N–H and O–H groups in total. The Balaban J connectivity index is 1.95. The highest BCUT2D eigenvalue weighted by Gasteiger charge is 2.16. The lowest BCUT2D eigenvalue weighted by molar-refractivity contribution is 0.122. The largest absolute Gasteiger partial charge is 0.466 e. The SMILES string of the molecule is Oc1ncc(-c2cc(Cl)cc(N3CCOCC3)n2)o1. The predicted molar refractivity (Wildman–Crippen MR) is 69.4 cm³/mol. The fourth-order valence-electron chi connectivity index (χ4n) is 1.95. The predicted octanol–water partition coefficient (Wildman–Crippen LogP) is 1.93. The second-order valence-corrected chi connectivity index (χ2v) is 4.57. The van der Waals surface area contributed by atoms with Gasteiger partial charge in [-0.3, -0.25) is 0 Å². The Kier molecular flexibility index (Phi) is 3.27. The van der Waals surface area contributed by atoms with Gasteiger partial charge in [-0.2, -0.15) is 4.98 Å². The molecule has 1 aliphatic heterocycles. The van der Waals surface area contributed by atoms with E-state index in [0.717, 1.165) is 18.9 Å². The van der Waals surface area contributed by atoms with Crippen LogP contribution in [0.25, 0.3) is 11.5 Å². The van der Waals surface area contributed by atoms with Gasteiger partial charge in [-0.15, -0.1) is 0 Å². The van der Waals surface area contributed by atoms with E-state index in [9.17, 15) is 0 Å². The summed E-state index contributed by atoms with van der Waals surface area (Å²) in [5, 5.41) is 9.69. The van der Waals surface area contributed by atoms with Gasteiger partial charge in [-0.25, -0.2) is 4.98 Å². The maximum Gasteiger partial charge on any atom is 0.391 e. The van der Waals surface area contributed by atoms with Crippen molar-refractivity contribution in [3.05, 3.63) is 23.4 Å². The van der Waals surface area contributed by atoms with Gasteiger partial charge in [0.15, 0.2) is 5.76 Å². The Morgan fingerprint density at radius 2 is 2.05 bits per heavy atom. The minimum Gasteiger partial charge on any atom is -0.466 e. The van der Waals surface area contributed by atoms with Gasteiger partial charge in [-0.1, -0.05) is 11.6 Å². The lowest BCUT2D eigenvalue weighted by atomic mass is 10.3. The van der Waals surface area contributed by atoms with Crippen LogP contribution in [0.1, 0.15) is 0 Å². The van der Waals surface area contributed by atoms with Crippen LogP contribution in [0.4, 0.5) is 5.82 Å². The molecule has 0 amide bonds. The van der Waals surface area contributed by atoms with Gasteiger partial charge in [-0.05, 0) is 12.1 Å². The molecule has 0 spiro atoms. The first-order valence-corrected chi connectivity index (χ1v) is 6.25. The van der Waals surface area contributed by atoms with Crippen molar-refractivity contribution in [2.75, 3.05) is 31.2 Å². The van der Waals surface area contributed by atoms with Crippen LogP contribution in [-0.2, 0) is 4.74 Å². The number of rotatable bonds is 2. The summed E-state index contributed by atoms with van der Waals surface area (Å²) in [5.74, 6) is 1.15. The fourth-order valence-corrected chi connectivity index (χ4v) is 2.15. The summed E-state index contributed by atoms with van der Waals surface area (Å²) >= 11 is 6.10. The molecule has 2 aromatic rings. The molecule has 1 aliphatic rings. The van der Waals surface area contributed by atoms with Crippen LogP contribution in [0.2, 0.25) is 5.02 Å². The number of hydrogen-bond donors (Lipinski definition) is 1. The van der Waals surface area contributed by atoms with Crippen molar-refractivity contribution in [1.82, 2.24) is 9.97 Å². The third kappa shape index (κ3) is 2.64. The van der Waals surface area contributed by atoms with Crippen molar-refractivity contribution in [3.8, 4) is 17.5 Å². The lowest BCUT2D eigenvalue weighted by Crippen LogP contribution is -2.36. The zero-order chi connectivity index (χ0) is 13.2. The molecule has 0 unspecified atom stereocenters. The molecular weight excluding hydrogens is 270 g/mol. The highest BCUT2D eigenvalue weighted by Crippen LogP contribution is 2.27. The molecule has 0 bridgehead atoms. The Bertz CT molecular complexity index is 581. The summed E-state index contributed by atoms with van der Waals surface area (Å²) in [5.41, 5.74) is 0.543. The van der Waals surface area contributed by atoms with Crippen LogP contribution in [-0.4, -0.2) is 41.4 Å². The number of oxazole rings is 1. The lowest BCUT2D eigenvalue weighted by Gasteiger charge is -2.28. The zero-order valence-electron chi connectivity index (χ0n) is 10.0. The Morgan fingerprint density at radius 1 is 1.26 bits per heavy atom. The molecule has 0 atom stereocenters. The van der Waals surface area contributed by atoms with Crippen LogP contribution in [0, 0.1) is 0 Å². The Morgan fingerprint density at radius 3 is 2.74 bits per heavy atom. The Labute approximate surface area is 114 Å². The molecule has 6 nitrogen and oxygen atoms in total. The molecule has 1 fully saturated rings. The summed E-state index contributed by atoms with van der Waals surface area (Å²) in [7, 11) is 0. The van der Waals surface area contributed by atoms with Crippen molar-refractivity contribution in [2.45, 2.75) is 0 Å². The standard InChI is InChI=1S/C12H12ClN3O3/c13-8-5-9(10-7-14-12(17)19-10)15-11(6-8)16-1-3-18-4-2-16/h5-7H,1-4H2,(H,14,17). The summed E-state index contributed by atoms with van der Waals surface area (Å²) in [6.07, 6.45) is 1.03. The highest BCUT2D eigenvalue weighted by molar-refractivity contribution is 6.31. The number of anilines is 1. The zero-order valence-corrected chi connectivity index (χ0v) is 10.8. The fraction of sp³-hybridized carbons (Fsp3) is 0.333. The molecule has 3 rings (SSSR count). The van der Waals surface area contributed by atoms with Gasteiger partial charge in [0.25, 0.3) is 0 Å². The van der Waals surface area contributed by atoms with E-state index in [0.29, 0.717) is 29.7 Å². The van der Waals surface area contributed by atoms with E-state index in [-0.39, 0.29) is 6.08 Å². The van der Waals surface area contributed by atoms with Gasteiger partial charge < -0.3 is 19.2 Å². The first kappa shape index (κ1) is 12.3. The van der Waals surface area contributed by atoms with Crippen molar-refractivity contribution < 1.29 is 14.3 Å². The quantitative estimate of drug-likeness (QED) is 0.907. The molecule has 1 saturated heterocycles. The number of aromatic nitrogens is 2. The molecule has 100 valence electrons. The molecule has 19 heavy (non-hydrogen) atoms. The topological polar surface area (TPSA) is 71.6 Å². The van der Waals surface area contributed by atoms with Gasteiger partial charge in [0.1, 0.15) is 11.5 Å². The molecule has 0 aliphatic carbocycles. The Hall–Kier alpha value is -1.79. The van der Waals surface area contributed by atoms with E-state index >= 15 is 0 Å². The van der Waals surface area contributed by atoms with Crippen LogP contribution < -0.4 is 4.90 Å². The van der Waals surface area contributed by atoms with E-state index in [4.69, 9.17) is 25.9 Å². The number of hydrogen-bond acceptors (Lipinski definition) is 6. The van der Waals surface area contributed by atoms with Crippen molar-refractivity contribution in [2.24, 2.45) is 0 Å². The van der Waals surface area contributed by atoms with Crippen LogP contribution in [0.3, 0.4) is 0 Å². The highest BCUT2D eigenvalue weighted by atomic mass is 35.5. The molecule has 0 radical (unpaired) electrons. The number of aromatic hydroxyl groups is 1. The van der Waals surface area contributed by atoms with E-state index < -0.39 is 0 Å². The maximum atomic E-state index is 9.14. The first-order chi connectivity index (χ1) is 9.22. The van der Waals surface area contributed by atoms with Crippen LogP contribution >= 0.6 is 11.6 Å². The number of morpholine rings is 1. The average molecular weight is 282 g/mol. The molecule has 0 saturated carbocycles. The van der Waals surface area contributed by atoms with Gasteiger partial charge in [0.05, 0.1) is 19.4 Å². The first-order valence-electron chi connectivity index (χ1n) is 5.88. The minimum absolute atomic E-state index is 0.384. The molecule has 0 aromatic carbocycles. The van der Waals surface area contributed by atoms with Gasteiger partial charge in [0, 0.05) is 18.1 Å². The van der Waals surface area contributed by atoms with Crippen LogP contribution in [0.5, 0.6) is 6.08 Å². The van der Waals surface area contributed by atoms with Gasteiger partial charge in [0.2, 0.25) is 0 Å². The second kappa shape index (κ2) is 5.07. The maximum absolute atomic E-state index is 9.14. The number of pyridine rings is 1. The van der Waals surface area contributed by atoms with Crippen molar-refractivity contribution in [1.29, 1.82) is 0 Å². The molecule has 2 aromatic heterocycles. The molecular formula is C12H12ClN3O3. The number of halogens is 1. The molecule has 3 heterocycles. The average Bonchev–Trinajstić information content (AvgIpc) is 2.86. The summed E-state index contributed by atoms with van der Waals surface area (Å²) in [4.78, 5) is 10.2. The summed E-state index contributed by atoms with van der Waals surface area (Å²) in [6.45, 7) is 2.89. The molecule has 7 heteroatoms. The smallest absolute Gasteiger partial charge is 0.391 e. The monoisotopic (exact) mass is 281 g/mol. The van der Waals surface area contributed by atoms with E-state index in [2.05, 4.69) is 14.9 Å². The number of nitrogens with zero attached hydrogens (tertiary/aromatic N) is 3. The summed E-state index contributed by atoms with van der Waals surface area (Å²) < 4.78 is 10.4. The normalized spacial score (nSPS) is 15.7. The van der Waals surface area contributed by atoms with Crippen molar-refractivity contribution >= 4 is 17.4 Å². The summed E-state index contributed by atoms with van der Waals surface area (Å²) in [6, 6.07) is 3.47. The van der Waals surface area contributed by atoms with Crippen LogP contribution in [0.15, 0.2) is 22.7 Å². The van der Waals surface area contributed by atoms with Gasteiger partial charge >= 0.3 is 6.08 Å². The minimum atomic E-state index is -0.385. The third-order valence-corrected chi connectivity index (χ3v) is 3.08.